The Morgan fingerprint density at radius 1 is 1.08 bits per heavy atom. The normalized spacial score (nSPS) is 11.6. The molecule has 0 aromatic heterocycles. The average Bonchev–Trinajstić information content (AvgIpc) is 2.94. The molecule has 2 aromatic carbocycles. The molecule has 0 saturated heterocycles. The lowest BCUT2D eigenvalue weighted by Crippen LogP contribution is -2.26. The number of allylic oxidation sites excluding steroid dienone is 1. The van der Waals surface area contributed by atoms with Crippen molar-refractivity contribution in [1.82, 2.24) is 16.0 Å². The van der Waals surface area contributed by atoms with E-state index in [0.717, 1.165) is 16.7 Å². The van der Waals surface area contributed by atoms with E-state index >= 15 is 0 Å². The van der Waals surface area contributed by atoms with Crippen molar-refractivity contribution in [3.8, 4) is 11.8 Å². The van der Waals surface area contributed by atoms with Gasteiger partial charge in [0.15, 0.2) is 0 Å². The summed E-state index contributed by atoms with van der Waals surface area (Å²) < 4.78 is 0. The van der Waals surface area contributed by atoms with Crippen molar-refractivity contribution in [2.24, 2.45) is 10.9 Å². The van der Waals surface area contributed by atoms with E-state index in [2.05, 4.69) is 52.5 Å². The molecule has 0 aliphatic carbocycles. The van der Waals surface area contributed by atoms with Crippen molar-refractivity contribution in [2.45, 2.75) is 13.3 Å². The maximum atomic E-state index is 11.9. The monoisotopic (exact) mass is 516 g/mol. The molecular weight excluding hydrogens is 480 g/mol. The van der Waals surface area contributed by atoms with Gasteiger partial charge in [0.1, 0.15) is 5.76 Å². The number of hydrogen-bond donors (Lipinski definition) is 5. The van der Waals surface area contributed by atoms with E-state index in [4.69, 9.17) is 5.11 Å². The Bertz CT molecular complexity index is 1140. The molecule has 8 nitrogen and oxygen atoms in total. The molecule has 0 saturated carbocycles. The number of rotatable bonds is 13. The predicted molar refractivity (Wildman–Crippen MR) is 153 cm³/mol. The third-order valence-electron chi connectivity index (χ3n) is 5.11. The number of hydrogen-bond acceptors (Lipinski definition) is 6. The molecular formula is C30H36N4O4. The molecule has 5 N–H and O–H groups in total. The topological polar surface area (TPSA) is 123 Å². The fourth-order valence-corrected chi connectivity index (χ4v) is 3.39. The first-order chi connectivity index (χ1) is 18.5. The van der Waals surface area contributed by atoms with Crippen molar-refractivity contribution in [3.63, 3.8) is 0 Å². The zero-order valence-corrected chi connectivity index (χ0v) is 21.7. The van der Waals surface area contributed by atoms with Gasteiger partial charge in [0.2, 0.25) is 6.41 Å². The first kappa shape index (κ1) is 31.6. The molecule has 0 heterocycles. The molecule has 0 fully saturated rings. The second kappa shape index (κ2) is 18.8. The predicted octanol–water partition coefficient (Wildman–Crippen LogP) is 3.11. The van der Waals surface area contributed by atoms with E-state index in [1.54, 1.807) is 37.3 Å². The summed E-state index contributed by atoms with van der Waals surface area (Å²) in [6.07, 6.45) is 4.15. The first-order valence-electron chi connectivity index (χ1n) is 12.0. The minimum Gasteiger partial charge on any atom is -0.511 e. The third-order valence-corrected chi connectivity index (χ3v) is 5.11. The van der Waals surface area contributed by atoms with Gasteiger partial charge in [-0.15, -0.1) is 19.7 Å². The van der Waals surface area contributed by atoms with Crippen molar-refractivity contribution in [1.29, 1.82) is 0 Å². The van der Waals surface area contributed by atoms with E-state index < -0.39 is 0 Å². The van der Waals surface area contributed by atoms with Gasteiger partial charge in [-0.3, -0.25) is 9.59 Å². The number of carbonyl (C=O) groups is 2. The highest BCUT2D eigenvalue weighted by atomic mass is 16.3. The molecule has 0 spiro atoms. The fraction of sp³-hybridized carbons (Fsp3) is 0.233. The molecule has 38 heavy (non-hydrogen) atoms. The molecule has 200 valence electrons. The lowest BCUT2D eigenvalue weighted by atomic mass is 9.94. The highest BCUT2D eigenvalue weighted by Gasteiger charge is 2.17. The number of benzene rings is 2. The van der Waals surface area contributed by atoms with Crippen molar-refractivity contribution < 1.29 is 19.8 Å². The summed E-state index contributed by atoms with van der Waals surface area (Å²) in [5, 5.41) is 27.2. The second-order valence-electron chi connectivity index (χ2n) is 7.87. The summed E-state index contributed by atoms with van der Waals surface area (Å²) in [6, 6.07) is 14.8. The molecule has 2 rings (SSSR count). The van der Waals surface area contributed by atoms with Crippen LogP contribution >= 0.6 is 0 Å². The maximum Gasteiger partial charge on any atom is 0.251 e. The Morgan fingerprint density at radius 2 is 1.68 bits per heavy atom. The van der Waals surface area contributed by atoms with Gasteiger partial charge in [0.25, 0.3) is 5.91 Å². The molecule has 0 bridgehead atoms. The van der Waals surface area contributed by atoms with E-state index in [1.807, 2.05) is 24.3 Å². The standard InChI is InChI=1S/C28H32N4O4.C2H4/c1-3-14-29-18-26(27(21(2)35)32-19-30-20-34)17-24-8-6-22(7-9-24)4-5-23-10-12-25(13-11-23)28(36)31-15-16-33;1-2/h3,6-13,19-20,26,29,33,35H,1,14-18H2,2H3,(H,31,36)(H,30,32,34);1-2H2/b27-21+;. The third kappa shape index (κ3) is 11.5. The van der Waals surface area contributed by atoms with E-state index in [9.17, 15) is 14.7 Å². The summed E-state index contributed by atoms with van der Waals surface area (Å²) in [5.41, 5.74) is 3.65. The Balaban J connectivity index is 0.00000352. The van der Waals surface area contributed by atoms with Crippen LogP contribution in [0.25, 0.3) is 0 Å². The Labute approximate surface area is 224 Å². The Morgan fingerprint density at radius 3 is 2.21 bits per heavy atom. The molecule has 0 aliphatic heterocycles. The van der Waals surface area contributed by atoms with Crippen LogP contribution in [0.1, 0.15) is 34.0 Å². The van der Waals surface area contributed by atoms with E-state index in [1.165, 1.54) is 6.34 Å². The van der Waals surface area contributed by atoms with Gasteiger partial charge >= 0.3 is 0 Å². The van der Waals surface area contributed by atoms with Gasteiger partial charge in [0.05, 0.1) is 18.6 Å². The van der Waals surface area contributed by atoms with Crippen molar-refractivity contribution in [2.75, 3.05) is 26.2 Å². The summed E-state index contributed by atoms with van der Waals surface area (Å²) in [4.78, 5) is 26.7. The molecule has 1 unspecified atom stereocenters. The number of amides is 2. The van der Waals surface area contributed by atoms with Gasteiger partial charge in [-0.25, -0.2) is 4.99 Å². The lowest BCUT2D eigenvalue weighted by Gasteiger charge is -2.19. The van der Waals surface area contributed by atoms with Crippen LogP contribution in [0.5, 0.6) is 0 Å². The largest absolute Gasteiger partial charge is 0.511 e. The minimum absolute atomic E-state index is 0.0868. The van der Waals surface area contributed by atoms with Crippen molar-refractivity contribution >= 4 is 18.7 Å². The van der Waals surface area contributed by atoms with Crippen LogP contribution in [0.15, 0.2) is 90.8 Å². The Hall–Kier alpha value is -4.45. The van der Waals surface area contributed by atoms with Crippen LogP contribution in [0.3, 0.4) is 0 Å². The lowest BCUT2D eigenvalue weighted by molar-refractivity contribution is -0.108. The molecule has 2 amide bonds. The Kier molecular flexibility index (Phi) is 15.6. The van der Waals surface area contributed by atoms with Gasteiger partial charge in [-0.1, -0.05) is 30.0 Å². The summed E-state index contributed by atoms with van der Waals surface area (Å²) in [7, 11) is 0. The zero-order chi connectivity index (χ0) is 28.2. The summed E-state index contributed by atoms with van der Waals surface area (Å²) in [6.45, 7) is 12.6. The van der Waals surface area contributed by atoms with Gasteiger partial charge < -0.3 is 26.2 Å². The summed E-state index contributed by atoms with van der Waals surface area (Å²) in [5.74, 6) is 5.92. The first-order valence-corrected chi connectivity index (χ1v) is 12.0. The smallest absolute Gasteiger partial charge is 0.251 e. The fourth-order valence-electron chi connectivity index (χ4n) is 3.39. The van der Waals surface area contributed by atoms with E-state index in [-0.39, 0.29) is 30.7 Å². The highest BCUT2D eigenvalue weighted by molar-refractivity contribution is 5.94. The van der Waals surface area contributed by atoms with Crippen LogP contribution in [-0.4, -0.2) is 55.1 Å². The van der Waals surface area contributed by atoms with E-state index in [0.29, 0.717) is 37.2 Å². The molecule has 1 atom stereocenters. The SMILES string of the molecule is C=C.C=CCNCC(Cc1ccc(C#Cc2ccc(C(=O)NCCO)cc2)cc1)/C(N=CNC=O)=C(/C)O. The minimum atomic E-state index is -0.239. The zero-order valence-electron chi connectivity index (χ0n) is 21.7. The van der Waals surface area contributed by atoms with Crippen LogP contribution in [-0.2, 0) is 11.2 Å². The van der Waals surface area contributed by atoms with Crippen LogP contribution in [0.4, 0.5) is 0 Å². The van der Waals surface area contributed by atoms with Gasteiger partial charge in [-0.2, -0.15) is 0 Å². The highest BCUT2D eigenvalue weighted by Crippen LogP contribution is 2.21. The number of aliphatic hydroxyl groups is 2. The number of carbonyl (C=O) groups excluding carboxylic acids is 2. The number of aliphatic imine (C=N–C) groups is 1. The average molecular weight is 517 g/mol. The number of aliphatic hydroxyl groups excluding tert-OH is 2. The molecule has 0 radical (unpaired) electrons. The second-order valence-corrected chi connectivity index (χ2v) is 7.87. The molecule has 8 heteroatoms. The quantitative estimate of drug-likeness (QED) is 0.0533. The van der Waals surface area contributed by atoms with Crippen LogP contribution in [0, 0.1) is 17.8 Å². The van der Waals surface area contributed by atoms with Crippen LogP contribution in [0.2, 0.25) is 0 Å². The molecule has 0 aliphatic rings. The molecule has 2 aromatic rings. The number of nitrogens with zero attached hydrogens (tertiary/aromatic N) is 1. The maximum absolute atomic E-state index is 11.9. The van der Waals surface area contributed by atoms with Crippen molar-refractivity contribution in [3.05, 3.63) is 108 Å². The van der Waals surface area contributed by atoms with Gasteiger partial charge in [-0.05, 0) is 55.3 Å². The summed E-state index contributed by atoms with van der Waals surface area (Å²) >= 11 is 0. The van der Waals surface area contributed by atoms with Crippen LogP contribution < -0.4 is 16.0 Å². The van der Waals surface area contributed by atoms with Gasteiger partial charge in [0, 0.05) is 42.2 Å². The number of nitrogens with one attached hydrogen (secondary N) is 3.